The number of carbonyl (C=O) groups is 8. The molecule has 63 heavy (non-hydrogen) atoms. The Bertz CT molecular complexity index is 2430. The first-order valence-electron chi connectivity index (χ1n) is 19.8. The second kappa shape index (κ2) is 21.6. The Labute approximate surface area is 360 Å². The van der Waals surface area contributed by atoms with E-state index >= 15 is 0 Å². The zero-order valence-corrected chi connectivity index (χ0v) is 35.4. The zero-order chi connectivity index (χ0) is 46.7. The van der Waals surface area contributed by atoms with Crippen molar-refractivity contribution in [2.75, 3.05) is 20.9 Å². The number of carbonyl (C=O) groups excluding carboxylic acids is 7. The molecule has 5 atom stereocenters. The number of nitrogens with one attached hydrogen (secondary N) is 4. The minimum Gasteiger partial charge on any atom is -0.508 e. The first kappa shape index (κ1) is 48.5. The van der Waals surface area contributed by atoms with Crippen molar-refractivity contribution in [2.24, 2.45) is 11.8 Å². The lowest BCUT2D eigenvalue weighted by Gasteiger charge is -2.29. The summed E-state index contributed by atoms with van der Waals surface area (Å²) in [5.41, 5.74) is 0.0339. The van der Waals surface area contributed by atoms with Crippen LogP contribution in [0.5, 0.6) is 5.75 Å². The summed E-state index contributed by atoms with van der Waals surface area (Å²) in [4.78, 5) is 117. The highest BCUT2D eigenvalue weighted by atomic mass is 19.1. The van der Waals surface area contributed by atoms with Crippen molar-refractivity contribution in [3.05, 3.63) is 75.9 Å². The summed E-state index contributed by atoms with van der Waals surface area (Å²) in [6.07, 6.45) is -1.07. The van der Waals surface area contributed by atoms with E-state index in [1.165, 1.54) is 54.6 Å². The van der Waals surface area contributed by atoms with E-state index in [0.717, 1.165) is 14.2 Å². The van der Waals surface area contributed by atoms with Crippen LogP contribution in [-0.2, 0) is 38.2 Å². The van der Waals surface area contributed by atoms with Gasteiger partial charge in [-0.15, -0.1) is 0 Å². The summed E-state index contributed by atoms with van der Waals surface area (Å²) in [5.74, 6) is -9.02. The van der Waals surface area contributed by atoms with E-state index in [-0.39, 0.29) is 52.2 Å². The topological polar surface area (TPSA) is 274 Å². The quantitative estimate of drug-likeness (QED) is 0.0550. The normalized spacial score (nSPS) is 13.5. The maximum atomic E-state index is 14.0. The molecule has 4 rings (SSSR count). The van der Waals surface area contributed by atoms with Gasteiger partial charge in [0.25, 0.3) is 5.91 Å². The van der Waals surface area contributed by atoms with Crippen molar-refractivity contribution in [3.8, 4) is 28.2 Å². The maximum Gasteiger partial charge on any atom is 0.336 e. The lowest BCUT2D eigenvalue weighted by Crippen LogP contribution is -2.59. The Kier molecular flexibility index (Phi) is 16.6. The molecule has 2 aliphatic rings. The molecule has 1 aliphatic heterocycles. The van der Waals surface area contributed by atoms with Crippen molar-refractivity contribution in [1.29, 1.82) is 0 Å². The van der Waals surface area contributed by atoms with Crippen LogP contribution in [0.1, 0.15) is 74.1 Å². The van der Waals surface area contributed by atoms with E-state index in [2.05, 4.69) is 26.0 Å². The Morgan fingerprint density at radius 3 is 2.05 bits per heavy atom. The molecule has 0 aromatic heterocycles. The second-order valence-corrected chi connectivity index (χ2v) is 15.1. The number of aromatic carboxylic acids is 1. The Morgan fingerprint density at radius 1 is 0.762 bits per heavy atom. The van der Waals surface area contributed by atoms with E-state index in [1.807, 2.05) is 0 Å². The standard InChI is InChI=1S/C44H49FN4O14/c1-7-22(4)39(43(58)47-31(32(52)20-45)19-36(54)62-6)49-41(56)30(14-15-35(53)61-5)46-42(57)38(21(2)3)48-40(55)23-8-11-26(44(59)60)29(16-23)37-27-12-9-24(50)17-33(27)63-34-18-25(51)10-13-28(34)37/h8-13,16-18,21-22,30-31,38-39,50H,7,14-15,19-20H2,1-6H3,(H,46,57)(H,47,58)(H,48,55)(H,49,56)(H,59,60)/t22-,30-,31-,38-,39-/m0/s1. The van der Waals surface area contributed by atoms with Gasteiger partial charge in [-0.05, 0) is 66.3 Å². The van der Waals surface area contributed by atoms with Crippen LogP contribution < -0.4 is 26.7 Å². The number of fused-ring (bicyclic) bond motifs is 2. The molecule has 0 fully saturated rings. The monoisotopic (exact) mass is 876 g/mol. The van der Waals surface area contributed by atoms with Gasteiger partial charge in [-0.1, -0.05) is 34.1 Å². The third kappa shape index (κ3) is 12.0. The lowest BCUT2D eigenvalue weighted by molar-refractivity contribution is -0.144. The number of ketones is 1. The first-order chi connectivity index (χ1) is 29.8. The Morgan fingerprint density at radius 2 is 1.43 bits per heavy atom. The third-order valence-corrected chi connectivity index (χ3v) is 10.4. The van der Waals surface area contributed by atoms with E-state index in [4.69, 9.17) is 9.15 Å². The van der Waals surface area contributed by atoms with E-state index in [9.17, 15) is 57.8 Å². The molecule has 1 aliphatic carbocycles. The van der Waals surface area contributed by atoms with Crippen LogP contribution in [-0.4, -0.2) is 103 Å². The van der Waals surface area contributed by atoms with Crippen LogP contribution >= 0.6 is 0 Å². The molecule has 4 amide bonds. The smallest absolute Gasteiger partial charge is 0.336 e. The number of amides is 4. The van der Waals surface area contributed by atoms with E-state index in [1.54, 1.807) is 27.7 Å². The number of hydrogen-bond acceptors (Lipinski definition) is 13. The minimum absolute atomic E-state index is 0.0426. The Hall–Kier alpha value is -7.18. The number of Topliss-reactive ketones (excluding diaryl/α,β-unsaturated/α-hetero) is 1. The van der Waals surface area contributed by atoms with Crippen molar-refractivity contribution in [3.63, 3.8) is 0 Å². The predicted molar refractivity (Wildman–Crippen MR) is 223 cm³/mol. The molecule has 336 valence electrons. The van der Waals surface area contributed by atoms with Crippen LogP contribution in [0.2, 0.25) is 0 Å². The number of alkyl halides is 1. The average Bonchev–Trinajstić information content (AvgIpc) is 3.25. The molecular formula is C44H49FN4O14. The Balaban J connectivity index is 1.67. The van der Waals surface area contributed by atoms with Gasteiger partial charge in [-0.2, -0.15) is 0 Å². The molecule has 0 unspecified atom stereocenters. The number of halogens is 1. The number of aromatic hydroxyl groups is 1. The number of benzene rings is 3. The number of ether oxygens (including phenoxy) is 2. The minimum atomic E-state index is -1.61. The molecule has 19 heteroatoms. The van der Waals surface area contributed by atoms with Crippen molar-refractivity contribution >= 4 is 58.3 Å². The van der Waals surface area contributed by atoms with Crippen molar-refractivity contribution in [2.45, 2.75) is 77.5 Å². The van der Waals surface area contributed by atoms with Crippen LogP contribution in [0.15, 0.2) is 63.8 Å². The molecule has 0 radical (unpaired) electrons. The molecule has 2 aromatic carbocycles. The van der Waals surface area contributed by atoms with Gasteiger partial charge in [0.15, 0.2) is 11.2 Å². The second-order valence-electron chi connectivity index (χ2n) is 15.1. The summed E-state index contributed by atoms with van der Waals surface area (Å²) in [5, 5.41) is 30.8. The molecule has 0 bridgehead atoms. The predicted octanol–water partition coefficient (Wildman–Crippen LogP) is 3.28. The fourth-order valence-electron chi connectivity index (χ4n) is 6.69. The number of phenolic OH excluding ortho intramolecular Hbond substituents is 1. The van der Waals surface area contributed by atoms with Gasteiger partial charge in [0.05, 0.1) is 26.2 Å². The fraction of sp³-hybridized carbons (Fsp3) is 0.386. The molecule has 1 heterocycles. The fourth-order valence-corrected chi connectivity index (χ4v) is 6.69. The van der Waals surface area contributed by atoms with Crippen LogP contribution in [0, 0.1) is 11.8 Å². The summed E-state index contributed by atoms with van der Waals surface area (Å²) >= 11 is 0. The summed E-state index contributed by atoms with van der Waals surface area (Å²) in [7, 11) is 2.16. The highest BCUT2D eigenvalue weighted by Gasteiger charge is 2.35. The van der Waals surface area contributed by atoms with Crippen LogP contribution in [0.25, 0.3) is 33.4 Å². The van der Waals surface area contributed by atoms with Gasteiger partial charge >= 0.3 is 17.9 Å². The van der Waals surface area contributed by atoms with Gasteiger partial charge in [0.2, 0.25) is 17.7 Å². The summed E-state index contributed by atoms with van der Waals surface area (Å²) < 4.78 is 28.5. The number of esters is 2. The molecule has 0 saturated heterocycles. The summed E-state index contributed by atoms with van der Waals surface area (Å²) in [6.45, 7) is 5.01. The maximum absolute atomic E-state index is 14.0. The van der Waals surface area contributed by atoms with Gasteiger partial charge in [-0.25, -0.2) is 9.18 Å². The molecular weight excluding hydrogens is 827 g/mol. The molecule has 6 N–H and O–H groups in total. The number of carboxylic acids is 1. The van der Waals surface area contributed by atoms with E-state index < -0.39 is 102 Å². The lowest BCUT2D eigenvalue weighted by atomic mass is 9.89. The number of rotatable bonds is 20. The highest BCUT2D eigenvalue weighted by molar-refractivity contribution is 6.09. The number of phenols is 1. The third-order valence-electron chi connectivity index (χ3n) is 10.4. The molecule has 0 spiro atoms. The molecule has 2 aromatic rings. The van der Waals surface area contributed by atoms with Gasteiger partial charge in [0.1, 0.15) is 47.9 Å². The molecule has 0 saturated carbocycles. The van der Waals surface area contributed by atoms with Crippen LogP contribution in [0.3, 0.4) is 0 Å². The number of methoxy groups -OCH3 is 2. The van der Waals surface area contributed by atoms with Crippen molar-refractivity contribution < 1.29 is 66.9 Å². The zero-order valence-electron chi connectivity index (χ0n) is 35.4. The largest absolute Gasteiger partial charge is 0.508 e. The van der Waals surface area contributed by atoms with Crippen LogP contribution in [0.4, 0.5) is 4.39 Å². The number of hydrogen-bond donors (Lipinski definition) is 6. The number of carboxylic acid groups (broad SMARTS) is 1. The van der Waals surface area contributed by atoms with Gasteiger partial charge in [-0.3, -0.25) is 38.4 Å². The van der Waals surface area contributed by atoms with E-state index in [0.29, 0.717) is 17.4 Å². The van der Waals surface area contributed by atoms with Gasteiger partial charge < -0.3 is 45.4 Å². The van der Waals surface area contributed by atoms with Gasteiger partial charge in [0, 0.05) is 40.6 Å². The molecule has 18 nitrogen and oxygen atoms in total. The SMILES string of the molecule is CC[C@H](C)[C@H](NC(=O)[C@H](CCC(=O)OC)NC(=O)[C@@H](NC(=O)c1ccc(C(=O)O)c(-c2c3ccc(=O)cc-3oc3cc(O)ccc23)c1)C(C)C)C(=O)N[C@@H](CC(=O)OC)C(=O)CF. The highest BCUT2D eigenvalue weighted by Crippen LogP contribution is 2.42. The van der Waals surface area contributed by atoms with Crippen molar-refractivity contribution in [1.82, 2.24) is 21.3 Å². The average molecular weight is 877 g/mol. The summed E-state index contributed by atoms with van der Waals surface area (Å²) in [6, 6.07) is 5.93. The first-order valence-corrected chi connectivity index (χ1v) is 19.8.